The molecule has 2 aromatic rings. The molecule has 1 aliphatic heterocycles. The lowest BCUT2D eigenvalue weighted by Crippen LogP contribution is -2.46. The Morgan fingerprint density at radius 1 is 0.697 bits per heavy atom. The van der Waals surface area contributed by atoms with E-state index in [1.54, 1.807) is 9.48 Å². The Morgan fingerprint density at radius 2 is 1.09 bits per heavy atom. The molecule has 0 aliphatic carbocycles. The van der Waals surface area contributed by atoms with Crippen molar-refractivity contribution in [1.82, 2.24) is 0 Å². The SMILES string of the molecule is CC(C)c1cccc(C(C)C)c1N1CC[N+](c2c(C(C)C)cccc2C(C)C)=C1[B-](F)(F)F. The topological polar surface area (TPSA) is 6.25 Å². The number of halogens is 3. The Kier molecular flexibility index (Phi) is 7.35. The number of nitrogens with zero attached hydrogens (tertiary/aromatic N) is 2. The zero-order valence-electron chi connectivity index (χ0n) is 21.3. The predicted molar refractivity (Wildman–Crippen MR) is 135 cm³/mol. The average molecular weight is 458 g/mol. The molecule has 0 bridgehead atoms. The van der Waals surface area contributed by atoms with Gasteiger partial charge in [-0.2, -0.15) is 0 Å². The molecule has 0 unspecified atom stereocenters. The van der Waals surface area contributed by atoms with Crippen LogP contribution in [0.4, 0.5) is 24.3 Å². The molecule has 1 heterocycles. The van der Waals surface area contributed by atoms with Crippen LogP contribution in [0, 0.1) is 0 Å². The molecular weight excluding hydrogens is 420 g/mol. The number of amidine groups is 1. The van der Waals surface area contributed by atoms with Gasteiger partial charge in [0.1, 0.15) is 24.5 Å². The van der Waals surface area contributed by atoms with Crippen LogP contribution in [0.3, 0.4) is 0 Å². The Hall–Kier alpha value is -2.24. The van der Waals surface area contributed by atoms with Gasteiger partial charge in [-0.15, -0.1) is 0 Å². The van der Waals surface area contributed by atoms with Crippen molar-refractivity contribution in [3.8, 4) is 0 Å². The smallest absolute Gasteiger partial charge is 0.440 e. The van der Waals surface area contributed by atoms with Crippen molar-refractivity contribution in [2.45, 2.75) is 79.1 Å². The summed E-state index contributed by atoms with van der Waals surface area (Å²) in [6.07, 6.45) is 0. The van der Waals surface area contributed by atoms with Gasteiger partial charge in [0, 0.05) is 22.3 Å². The minimum absolute atomic E-state index is 0.129. The zero-order valence-corrected chi connectivity index (χ0v) is 21.3. The van der Waals surface area contributed by atoms with E-state index in [4.69, 9.17) is 0 Å². The number of para-hydroxylation sites is 2. The molecule has 0 N–H and O–H groups in total. The second kappa shape index (κ2) is 9.56. The summed E-state index contributed by atoms with van der Waals surface area (Å²) in [7, 11) is 0. The maximum absolute atomic E-state index is 14.9. The number of hydrogen-bond donors (Lipinski definition) is 0. The van der Waals surface area contributed by atoms with Crippen LogP contribution in [0.1, 0.15) is 101 Å². The van der Waals surface area contributed by atoms with Gasteiger partial charge in [-0.25, -0.2) is 0 Å². The largest absolute Gasteiger partial charge is 0.589 e. The van der Waals surface area contributed by atoms with Crippen molar-refractivity contribution in [2.75, 3.05) is 18.0 Å². The molecule has 2 nitrogen and oxygen atoms in total. The standard InChI is InChI=1S/C27H38BF3N2/c1-17(2)21-11-9-12-22(18(3)4)25(21)32-15-16-33(27(32)28(29,30)31)26-23(19(5)6)13-10-14-24(26)20(7)8/h9-14,17-20H,15-16H2,1-8H3. The monoisotopic (exact) mass is 458 g/mol. The maximum Gasteiger partial charge on any atom is 0.589 e. The summed E-state index contributed by atoms with van der Waals surface area (Å²) in [4.78, 5) is 1.58. The molecule has 0 amide bonds. The van der Waals surface area contributed by atoms with Gasteiger partial charge in [0.05, 0.1) is 0 Å². The lowest BCUT2D eigenvalue weighted by molar-refractivity contribution is -0.429. The summed E-state index contributed by atoms with van der Waals surface area (Å²) in [6.45, 7) is 11.8. The highest BCUT2D eigenvalue weighted by molar-refractivity contribution is 6.92. The average Bonchev–Trinajstić information content (AvgIpc) is 3.17. The van der Waals surface area contributed by atoms with Crippen molar-refractivity contribution >= 4 is 24.1 Å². The molecule has 0 saturated heterocycles. The van der Waals surface area contributed by atoms with Crippen LogP contribution in [-0.4, -0.2) is 30.4 Å². The number of rotatable bonds is 7. The molecule has 0 fully saturated rings. The third kappa shape index (κ3) is 4.85. The number of benzene rings is 2. The molecular formula is C27H38BF3N2. The fourth-order valence-corrected chi connectivity index (χ4v) is 5.03. The Labute approximate surface area is 197 Å². The van der Waals surface area contributed by atoms with Gasteiger partial charge < -0.3 is 12.9 Å². The molecule has 33 heavy (non-hydrogen) atoms. The second-order valence-electron chi connectivity index (χ2n) is 10.4. The first-order valence-corrected chi connectivity index (χ1v) is 12.2. The van der Waals surface area contributed by atoms with E-state index in [0.717, 1.165) is 33.6 Å². The minimum Gasteiger partial charge on any atom is -0.440 e. The summed E-state index contributed by atoms with van der Waals surface area (Å²) < 4.78 is 46.3. The quantitative estimate of drug-likeness (QED) is 0.300. The summed E-state index contributed by atoms with van der Waals surface area (Å²) in [5, 5.41) is 0. The van der Waals surface area contributed by atoms with Crippen LogP contribution >= 0.6 is 0 Å². The van der Waals surface area contributed by atoms with Gasteiger partial charge >= 0.3 is 6.98 Å². The molecule has 3 rings (SSSR count). The highest BCUT2D eigenvalue weighted by atomic mass is 19.4. The van der Waals surface area contributed by atoms with Crippen molar-refractivity contribution < 1.29 is 17.5 Å². The molecule has 1 aliphatic rings. The van der Waals surface area contributed by atoms with Crippen molar-refractivity contribution in [3.63, 3.8) is 0 Å². The fourth-order valence-electron chi connectivity index (χ4n) is 5.03. The van der Waals surface area contributed by atoms with Crippen molar-refractivity contribution in [3.05, 3.63) is 58.7 Å². The van der Waals surface area contributed by atoms with E-state index in [9.17, 15) is 12.9 Å². The number of anilines is 1. The minimum atomic E-state index is -5.24. The van der Waals surface area contributed by atoms with E-state index in [2.05, 4.69) is 55.4 Å². The van der Waals surface area contributed by atoms with E-state index in [1.165, 1.54) is 0 Å². The summed E-state index contributed by atoms with van der Waals surface area (Å²) in [6, 6.07) is 11.9. The van der Waals surface area contributed by atoms with Gasteiger partial charge in [-0.05, 0) is 23.7 Å². The van der Waals surface area contributed by atoms with Crippen LogP contribution in [0.5, 0.6) is 0 Å². The fraction of sp³-hybridized carbons (Fsp3) is 0.519. The Morgan fingerprint density at radius 3 is 1.45 bits per heavy atom. The zero-order chi connectivity index (χ0) is 24.7. The lowest BCUT2D eigenvalue weighted by Gasteiger charge is -2.28. The molecule has 0 saturated carbocycles. The van der Waals surface area contributed by atoms with Crippen LogP contribution in [0.15, 0.2) is 36.4 Å². The first-order chi connectivity index (χ1) is 15.4. The van der Waals surface area contributed by atoms with E-state index in [0.29, 0.717) is 13.1 Å². The van der Waals surface area contributed by atoms with E-state index >= 15 is 0 Å². The highest BCUT2D eigenvalue weighted by Gasteiger charge is 2.49. The van der Waals surface area contributed by atoms with Crippen LogP contribution < -0.4 is 4.90 Å². The normalized spacial score (nSPS) is 15.2. The van der Waals surface area contributed by atoms with Gasteiger partial charge in [-0.3, -0.25) is 9.48 Å². The van der Waals surface area contributed by atoms with Crippen molar-refractivity contribution in [1.29, 1.82) is 0 Å². The first-order valence-electron chi connectivity index (χ1n) is 12.2. The van der Waals surface area contributed by atoms with Crippen LogP contribution in [-0.2, 0) is 0 Å². The lowest BCUT2D eigenvalue weighted by atomic mass is 9.84. The molecule has 0 radical (unpaired) electrons. The third-order valence-electron chi connectivity index (χ3n) is 6.62. The second-order valence-corrected chi connectivity index (χ2v) is 10.4. The Balaban J connectivity index is 2.39. The molecule has 2 aromatic carbocycles. The van der Waals surface area contributed by atoms with Crippen LogP contribution in [0.2, 0.25) is 0 Å². The van der Waals surface area contributed by atoms with Gasteiger partial charge in [0.25, 0.3) is 0 Å². The predicted octanol–water partition coefficient (Wildman–Crippen LogP) is 8.13. The van der Waals surface area contributed by atoms with Gasteiger partial charge in [0.2, 0.25) is 0 Å². The maximum atomic E-state index is 14.9. The summed E-state index contributed by atoms with van der Waals surface area (Å²) in [5.41, 5.74) is 4.88. The summed E-state index contributed by atoms with van der Waals surface area (Å²) in [5.74, 6) is 0.514. The Bertz CT molecular complexity index is 984. The molecule has 0 atom stereocenters. The molecule has 180 valence electrons. The number of hydrogen-bond acceptors (Lipinski definition) is 1. The molecule has 0 spiro atoms. The molecule has 0 aromatic heterocycles. The van der Waals surface area contributed by atoms with Gasteiger partial charge in [0.15, 0.2) is 5.73 Å². The molecule has 6 heteroatoms. The highest BCUT2D eigenvalue weighted by Crippen LogP contribution is 2.41. The third-order valence-corrected chi connectivity index (χ3v) is 6.62. The van der Waals surface area contributed by atoms with Crippen molar-refractivity contribution in [2.24, 2.45) is 0 Å². The van der Waals surface area contributed by atoms with Gasteiger partial charge in [-0.1, -0.05) is 91.8 Å². The van der Waals surface area contributed by atoms with E-state index in [-0.39, 0.29) is 23.7 Å². The van der Waals surface area contributed by atoms with E-state index < -0.39 is 12.7 Å². The van der Waals surface area contributed by atoms with E-state index in [1.807, 2.05) is 36.4 Å². The first kappa shape index (κ1) is 25.4. The van der Waals surface area contributed by atoms with Crippen LogP contribution in [0.25, 0.3) is 0 Å². The summed E-state index contributed by atoms with van der Waals surface area (Å²) >= 11 is 0.